The summed E-state index contributed by atoms with van der Waals surface area (Å²) in [5.74, 6) is 1.70. The lowest BCUT2D eigenvalue weighted by molar-refractivity contribution is -0.121. The van der Waals surface area contributed by atoms with Gasteiger partial charge in [0, 0.05) is 24.0 Å². The van der Waals surface area contributed by atoms with Crippen LogP contribution in [0.5, 0.6) is 5.75 Å². The molecule has 1 aromatic heterocycles. The molecule has 0 bridgehead atoms. The second-order valence-corrected chi connectivity index (χ2v) is 6.91. The summed E-state index contributed by atoms with van der Waals surface area (Å²) in [6, 6.07) is 19.8. The van der Waals surface area contributed by atoms with E-state index in [1.54, 1.807) is 13.3 Å². The Hall–Kier alpha value is -3.34. The van der Waals surface area contributed by atoms with Gasteiger partial charge in [-0.25, -0.2) is 4.98 Å². The molecular weight excluding hydrogens is 338 g/mol. The van der Waals surface area contributed by atoms with Crippen LogP contribution in [0, 0.1) is 0 Å². The van der Waals surface area contributed by atoms with Crippen molar-refractivity contribution in [2.75, 3.05) is 23.9 Å². The first-order chi connectivity index (χ1) is 13.2. The number of fused-ring (bicyclic) bond motifs is 4. The molecule has 0 saturated carbocycles. The monoisotopic (exact) mass is 357 g/mol. The Labute approximate surface area is 157 Å². The number of anilines is 2. The summed E-state index contributed by atoms with van der Waals surface area (Å²) in [6.45, 7) is 1.06. The Morgan fingerprint density at radius 2 is 1.85 bits per heavy atom. The number of ether oxygens (including phenoxy) is 1. The lowest BCUT2D eigenvalue weighted by Crippen LogP contribution is -2.42. The van der Waals surface area contributed by atoms with Crippen molar-refractivity contribution in [3.8, 4) is 5.75 Å². The third-order valence-corrected chi connectivity index (χ3v) is 5.55. The van der Waals surface area contributed by atoms with Gasteiger partial charge in [0.1, 0.15) is 17.0 Å². The van der Waals surface area contributed by atoms with Crippen LogP contribution in [0.1, 0.15) is 16.7 Å². The van der Waals surface area contributed by atoms with Crippen LogP contribution in [0.2, 0.25) is 0 Å². The molecule has 2 aliphatic heterocycles. The minimum Gasteiger partial charge on any atom is -0.497 e. The maximum Gasteiger partial charge on any atom is 0.244 e. The molecule has 0 radical (unpaired) electrons. The second-order valence-electron chi connectivity index (χ2n) is 6.91. The molecule has 3 heterocycles. The van der Waals surface area contributed by atoms with Crippen LogP contribution in [0.15, 0.2) is 66.9 Å². The lowest BCUT2D eigenvalue weighted by Gasteiger charge is -2.24. The van der Waals surface area contributed by atoms with E-state index in [-0.39, 0.29) is 5.91 Å². The highest BCUT2D eigenvalue weighted by atomic mass is 16.5. The number of amides is 1. The van der Waals surface area contributed by atoms with Crippen molar-refractivity contribution in [2.45, 2.75) is 12.0 Å². The van der Waals surface area contributed by atoms with E-state index >= 15 is 0 Å². The van der Waals surface area contributed by atoms with E-state index in [1.807, 2.05) is 59.5 Å². The van der Waals surface area contributed by atoms with E-state index in [1.165, 1.54) is 0 Å². The van der Waals surface area contributed by atoms with Gasteiger partial charge in [-0.05, 0) is 35.4 Å². The number of hydrogen-bond acceptors (Lipinski definition) is 4. The molecule has 27 heavy (non-hydrogen) atoms. The normalized spacial score (nSPS) is 19.7. The van der Waals surface area contributed by atoms with Gasteiger partial charge in [-0.2, -0.15) is 0 Å². The standard InChI is InChI=1S/C22H19N3O2/c1-27-16-10-8-15(9-11-16)13-25-19-7-3-2-5-17(19)22(21(25)26)14-24-20-18(22)6-4-12-23-20/h2-12H,13-14H2,1H3,(H,23,24). The minimum absolute atomic E-state index is 0.0961. The number of nitrogens with zero attached hydrogens (tertiary/aromatic N) is 2. The van der Waals surface area contributed by atoms with Gasteiger partial charge >= 0.3 is 0 Å². The molecule has 1 amide bonds. The SMILES string of the molecule is COc1ccc(CN2C(=O)C3(CNc4ncccc43)c3ccccc32)cc1. The van der Waals surface area contributed by atoms with Gasteiger partial charge in [0.2, 0.25) is 5.91 Å². The molecule has 2 aliphatic rings. The molecule has 0 saturated heterocycles. The van der Waals surface area contributed by atoms with Crippen LogP contribution < -0.4 is 15.0 Å². The molecule has 0 fully saturated rings. The van der Waals surface area contributed by atoms with Crippen LogP contribution in [-0.4, -0.2) is 24.5 Å². The average molecular weight is 357 g/mol. The molecule has 5 nitrogen and oxygen atoms in total. The maximum atomic E-state index is 13.7. The topological polar surface area (TPSA) is 54.5 Å². The summed E-state index contributed by atoms with van der Waals surface area (Å²) in [6.07, 6.45) is 1.76. The molecule has 1 atom stereocenters. The fourth-order valence-corrected chi connectivity index (χ4v) is 4.23. The van der Waals surface area contributed by atoms with E-state index in [0.29, 0.717) is 13.1 Å². The predicted molar refractivity (Wildman–Crippen MR) is 104 cm³/mol. The Balaban J connectivity index is 1.60. The molecular formula is C22H19N3O2. The number of rotatable bonds is 3. The zero-order chi connectivity index (χ0) is 18.4. The predicted octanol–water partition coefficient (Wildman–Crippen LogP) is 3.35. The van der Waals surface area contributed by atoms with E-state index in [0.717, 1.165) is 33.9 Å². The van der Waals surface area contributed by atoms with E-state index < -0.39 is 5.41 Å². The largest absolute Gasteiger partial charge is 0.497 e. The van der Waals surface area contributed by atoms with Crippen LogP contribution in [0.4, 0.5) is 11.5 Å². The number of methoxy groups -OCH3 is 1. The van der Waals surface area contributed by atoms with Crippen LogP contribution in [-0.2, 0) is 16.8 Å². The lowest BCUT2D eigenvalue weighted by atomic mass is 9.77. The number of hydrogen-bond donors (Lipinski definition) is 1. The van der Waals surface area contributed by atoms with Gasteiger partial charge in [0.25, 0.3) is 0 Å². The number of carbonyl (C=O) groups excluding carboxylic acids is 1. The highest BCUT2D eigenvalue weighted by Crippen LogP contribution is 2.50. The zero-order valence-electron chi connectivity index (χ0n) is 15.0. The molecule has 1 N–H and O–H groups in total. The third kappa shape index (κ3) is 2.18. The van der Waals surface area contributed by atoms with Crippen molar-refractivity contribution in [1.29, 1.82) is 0 Å². The zero-order valence-corrected chi connectivity index (χ0v) is 15.0. The van der Waals surface area contributed by atoms with Gasteiger partial charge < -0.3 is 15.0 Å². The third-order valence-electron chi connectivity index (χ3n) is 5.55. The summed E-state index contributed by atoms with van der Waals surface area (Å²) in [4.78, 5) is 20.0. The summed E-state index contributed by atoms with van der Waals surface area (Å²) in [5, 5.41) is 3.33. The van der Waals surface area contributed by atoms with Crippen LogP contribution in [0.25, 0.3) is 0 Å². The molecule has 134 valence electrons. The highest BCUT2D eigenvalue weighted by Gasteiger charge is 2.55. The van der Waals surface area contributed by atoms with Gasteiger partial charge in [0.15, 0.2) is 0 Å². The van der Waals surface area contributed by atoms with Crippen molar-refractivity contribution >= 4 is 17.4 Å². The van der Waals surface area contributed by atoms with Gasteiger partial charge in [-0.3, -0.25) is 4.79 Å². The Kier molecular flexibility index (Phi) is 3.44. The molecule has 5 heteroatoms. The molecule has 1 spiro atoms. The number of benzene rings is 2. The molecule has 5 rings (SSSR count). The Bertz CT molecular complexity index is 1030. The smallest absolute Gasteiger partial charge is 0.244 e. The number of para-hydroxylation sites is 1. The first kappa shape index (κ1) is 15.9. The van der Waals surface area contributed by atoms with Crippen molar-refractivity contribution in [2.24, 2.45) is 0 Å². The van der Waals surface area contributed by atoms with Crippen molar-refractivity contribution in [3.63, 3.8) is 0 Å². The number of aromatic nitrogens is 1. The van der Waals surface area contributed by atoms with Gasteiger partial charge in [-0.1, -0.05) is 36.4 Å². The minimum atomic E-state index is -0.702. The summed E-state index contributed by atoms with van der Waals surface area (Å²) >= 11 is 0. The van der Waals surface area contributed by atoms with Gasteiger partial charge in [-0.15, -0.1) is 0 Å². The van der Waals surface area contributed by atoms with Crippen LogP contribution in [0.3, 0.4) is 0 Å². The number of nitrogens with one attached hydrogen (secondary N) is 1. The molecule has 3 aromatic rings. The fraction of sp³-hybridized carbons (Fsp3) is 0.182. The second kappa shape index (κ2) is 5.84. The van der Waals surface area contributed by atoms with E-state index in [4.69, 9.17) is 4.74 Å². The maximum absolute atomic E-state index is 13.7. The Morgan fingerprint density at radius 3 is 2.67 bits per heavy atom. The summed E-state index contributed by atoms with van der Waals surface area (Å²) in [7, 11) is 1.65. The van der Waals surface area contributed by atoms with Crippen molar-refractivity contribution < 1.29 is 9.53 Å². The Morgan fingerprint density at radius 1 is 1.07 bits per heavy atom. The van der Waals surface area contributed by atoms with E-state index in [9.17, 15) is 4.79 Å². The van der Waals surface area contributed by atoms with Crippen molar-refractivity contribution in [3.05, 3.63) is 83.6 Å². The average Bonchev–Trinajstić information content (AvgIpc) is 3.22. The van der Waals surface area contributed by atoms with Gasteiger partial charge in [0.05, 0.1) is 13.7 Å². The first-order valence-corrected chi connectivity index (χ1v) is 8.98. The molecule has 1 unspecified atom stereocenters. The molecule has 0 aliphatic carbocycles. The quantitative estimate of drug-likeness (QED) is 0.781. The highest BCUT2D eigenvalue weighted by molar-refractivity contribution is 6.12. The number of carbonyl (C=O) groups is 1. The van der Waals surface area contributed by atoms with Crippen molar-refractivity contribution in [1.82, 2.24) is 4.98 Å². The van der Waals surface area contributed by atoms with Crippen LogP contribution >= 0.6 is 0 Å². The molecule has 2 aromatic carbocycles. The number of pyridine rings is 1. The van der Waals surface area contributed by atoms with E-state index in [2.05, 4.69) is 16.4 Å². The first-order valence-electron chi connectivity index (χ1n) is 8.98. The summed E-state index contributed by atoms with van der Waals surface area (Å²) < 4.78 is 5.24. The fourth-order valence-electron chi connectivity index (χ4n) is 4.23. The summed E-state index contributed by atoms with van der Waals surface area (Å²) in [5.41, 5.74) is 3.33.